The van der Waals surface area contributed by atoms with E-state index in [-0.39, 0.29) is 33.4 Å². The van der Waals surface area contributed by atoms with Crippen LogP contribution in [-0.4, -0.2) is 53.7 Å². The van der Waals surface area contributed by atoms with Gasteiger partial charge in [-0.1, -0.05) is 60.2 Å². The van der Waals surface area contributed by atoms with E-state index in [1.54, 1.807) is 0 Å². The quantitative estimate of drug-likeness (QED) is 0.0213. The van der Waals surface area contributed by atoms with Crippen molar-refractivity contribution >= 4 is 43.6 Å². The van der Waals surface area contributed by atoms with E-state index in [4.69, 9.17) is 57.1 Å². The van der Waals surface area contributed by atoms with Crippen LogP contribution in [0.4, 0.5) is 0 Å². The highest BCUT2D eigenvalue weighted by Crippen LogP contribution is 2.54. The number of hydrogen-bond donors (Lipinski definition) is 0. The van der Waals surface area contributed by atoms with Crippen LogP contribution in [0.5, 0.6) is 0 Å². The molecule has 296 valence electrons. The van der Waals surface area contributed by atoms with Gasteiger partial charge in [0.05, 0.1) is 19.3 Å². The molecular formula is C33H45O19P. The smallest absolute Gasteiger partial charge is 0.393 e. The maximum Gasteiger partial charge on any atom is 0.557 e. The van der Waals surface area contributed by atoms with E-state index in [1.807, 2.05) is 0 Å². The molecule has 0 unspecified atom stereocenters. The summed E-state index contributed by atoms with van der Waals surface area (Å²) in [6.45, 7) is 31.5. The summed E-state index contributed by atoms with van der Waals surface area (Å²) in [7, 11) is -5.90. The zero-order chi connectivity index (χ0) is 41.5. The summed E-state index contributed by atoms with van der Waals surface area (Å²) in [5.41, 5.74) is -1.43. The number of rotatable bonds is 24. The van der Waals surface area contributed by atoms with Gasteiger partial charge >= 0.3 is 61.6 Å². The van der Waals surface area contributed by atoms with Gasteiger partial charge in [-0.15, -0.1) is 28.7 Å². The van der Waals surface area contributed by atoms with Gasteiger partial charge in [0, 0.05) is 33.4 Å². The van der Waals surface area contributed by atoms with Gasteiger partial charge < -0.3 is 28.4 Å². The molecule has 0 aromatic heterocycles. The van der Waals surface area contributed by atoms with Crippen LogP contribution in [0.15, 0.2) is 72.9 Å². The topological polar surface area (TPSA) is 230 Å². The molecule has 0 N–H and O–H groups in total. The maximum atomic E-state index is 14.2. The van der Waals surface area contributed by atoms with Crippen LogP contribution < -0.4 is 0 Å². The molecule has 0 aliphatic rings. The second-order valence-electron chi connectivity index (χ2n) is 11.0. The molecule has 0 spiro atoms. The summed E-state index contributed by atoms with van der Waals surface area (Å²) in [4.78, 5) is 90.3. The van der Waals surface area contributed by atoms with Crippen LogP contribution in [0.3, 0.4) is 0 Å². The lowest BCUT2D eigenvalue weighted by Crippen LogP contribution is -2.44. The van der Waals surface area contributed by atoms with Crippen molar-refractivity contribution in [3.63, 3.8) is 0 Å². The SMILES string of the molecule is C=C(C)C(=O)OC(CC)(OOP(=O)(OOC(CC)(OC(=O)C(=C)C)OC(=O)C(=C)C)OOC(CC)(OC(=O)C(=C)C)OC(=O)C(=C)C)OC(=O)C(=C)C. The van der Waals surface area contributed by atoms with Crippen molar-refractivity contribution in [2.75, 3.05) is 0 Å². The summed E-state index contributed by atoms with van der Waals surface area (Å²) in [5, 5.41) is 0. The third kappa shape index (κ3) is 15.4. The monoisotopic (exact) mass is 776 g/mol. The van der Waals surface area contributed by atoms with Crippen molar-refractivity contribution in [2.45, 2.75) is 99.5 Å². The van der Waals surface area contributed by atoms with Crippen LogP contribution >= 0.6 is 7.82 Å². The Labute approximate surface area is 306 Å². The van der Waals surface area contributed by atoms with Crippen LogP contribution in [0, 0.1) is 0 Å². The molecule has 0 bridgehead atoms. The van der Waals surface area contributed by atoms with E-state index in [0.717, 1.165) is 0 Å². The summed E-state index contributed by atoms with van der Waals surface area (Å²) in [5.74, 6) is -16.1. The van der Waals surface area contributed by atoms with E-state index >= 15 is 0 Å². The van der Waals surface area contributed by atoms with Crippen molar-refractivity contribution in [2.24, 2.45) is 0 Å². The molecule has 0 aliphatic carbocycles. The summed E-state index contributed by atoms with van der Waals surface area (Å²) in [6, 6.07) is 0. The van der Waals surface area contributed by atoms with Crippen molar-refractivity contribution in [1.82, 2.24) is 0 Å². The van der Waals surface area contributed by atoms with E-state index in [2.05, 4.69) is 39.5 Å². The van der Waals surface area contributed by atoms with Gasteiger partial charge in [0.25, 0.3) is 0 Å². The molecule has 53 heavy (non-hydrogen) atoms. The van der Waals surface area contributed by atoms with Crippen molar-refractivity contribution in [3.05, 3.63) is 72.9 Å². The highest BCUT2D eigenvalue weighted by atomic mass is 31.2. The fourth-order valence-corrected chi connectivity index (χ4v) is 3.18. The van der Waals surface area contributed by atoms with Crippen LogP contribution in [0.1, 0.15) is 81.6 Å². The first-order chi connectivity index (χ1) is 24.3. The maximum absolute atomic E-state index is 14.2. The molecule has 0 fully saturated rings. The van der Waals surface area contributed by atoms with Gasteiger partial charge in [0.15, 0.2) is 0 Å². The Morgan fingerprint density at radius 3 is 0.660 bits per heavy atom. The lowest BCUT2D eigenvalue weighted by Gasteiger charge is -2.33. The Hall–Kier alpha value is -4.75. The number of carbonyl (C=O) groups excluding carboxylic acids is 6. The van der Waals surface area contributed by atoms with Crippen LogP contribution in [-0.2, 0) is 90.4 Å². The third-order valence-electron chi connectivity index (χ3n) is 5.65. The molecule has 0 rings (SSSR count). The van der Waals surface area contributed by atoms with E-state index < -0.39 is 80.8 Å². The first-order valence-electron chi connectivity index (χ1n) is 15.3. The fourth-order valence-electron chi connectivity index (χ4n) is 2.49. The summed E-state index contributed by atoms with van der Waals surface area (Å²) >= 11 is 0. The predicted octanol–water partition coefficient (Wildman–Crippen LogP) is 5.85. The number of carbonyl (C=O) groups is 6. The number of hydrogen-bond acceptors (Lipinski definition) is 19. The van der Waals surface area contributed by atoms with Crippen LogP contribution in [0.25, 0.3) is 0 Å². The molecular weight excluding hydrogens is 731 g/mol. The number of phosphoric acid groups is 1. The molecule has 19 nitrogen and oxygen atoms in total. The third-order valence-corrected chi connectivity index (χ3v) is 6.42. The Morgan fingerprint density at radius 1 is 0.396 bits per heavy atom. The van der Waals surface area contributed by atoms with E-state index in [1.165, 1.54) is 62.3 Å². The van der Waals surface area contributed by atoms with E-state index in [9.17, 15) is 33.3 Å². The molecule has 0 aromatic rings. The minimum atomic E-state index is -5.90. The predicted molar refractivity (Wildman–Crippen MR) is 179 cm³/mol. The van der Waals surface area contributed by atoms with Gasteiger partial charge in [-0.25, -0.2) is 33.3 Å². The molecule has 20 heteroatoms. The Morgan fingerprint density at radius 2 is 0.547 bits per heavy atom. The lowest BCUT2D eigenvalue weighted by molar-refractivity contribution is -0.501. The summed E-state index contributed by atoms with van der Waals surface area (Å²) < 4.78 is 59.5. The first kappa shape index (κ1) is 48.2. The standard InChI is InChI=1S/C33H45O19P/c1-16-31(41-25(34)19(4)5,42-26(35)20(6)7)47-50-53(40,51-48-32(17-2,43-27(36)21(8)9)44-28(37)22(10)11)52-49-33(18-3,45-29(38)23(12)13)46-30(39)24(14)15/h4,6,8,10,12,14,16-18H2,1-3,5,7,9,11,13,15H3. The average molecular weight is 777 g/mol. The highest BCUT2D eigenvalue weighted by Gasteiger charge is 2.51. The van der Waals surface area contributed by atoms with Gasteiger partial charge in [0.1, 0.15) is 0 Å². The molecule has 0 amide bonds. The number of esters is 6. The molecule has 0 heterocycles. The average Bonchev–Trinajstić information content (AvgIpc) is 3.07. The van der Waals surface area contributed by atoms with Gasteiger partial charge in [-0.05, 0) is 41.5 Å². The minimum Gasteiger partial charge on any atom is -0.393 e. The van der Waals surface area contributed by atoms with Crippen molar-refractivity contribution < 1.29 is 90.4 Å². The van der Waals surface area contributed by atoms with Crippen LogP contribution in [0.2, 0.25) is 0 Å². The minimum absolute atomic E-state index is 0.238. The van der Waals surface area contributed by atoms with Gasteiger partial charge in [-0.2, -0.15) is 0 Å². The Balaban J connectivity index is 7.38. The fraction of sp³-hybridized carbons (Fsp3) is 0.455. The molecule has 0 saturated heterocycles. The summed E-state index contributed by atoms with van der Waals surface area (Å²) in [6.07, 6.45) is -1.82. The van der Waals surface area contributed by atoms with Crippen molar-refractivity contribution in [3.8, 4) is 0 Å². The second-order valence-corrected chi connectivity index (χ2v) is 12.4. The molecule has 0 saturated carbocycles. The molecule has 0 aromatic carbocycles. The zero-order valence-corrected chi connectivity index (χ0v) is 32.0. The molecule has 0 aliphatic heterocycles. The Bertz CT molecular complexity index is 1310. The normalized spacial score (nSPS) is 11.6. The Kier molecular flexibility index (Phi) is 18.6. The zero-order valence-electron chi connectivity index (χ0n) is 31.1. The van der Waals surface area contributed by atoms with Gasteiger partial charge in [0.2, 0.25) is 0 Å². The number of ether oxygens (including phenoxy) is 6. The molecule has 0 atom stereocenters. The second kappa shape index (κ2) is 20.5. The van der Waals surface area contributed by atoms with Crippen molar-refractivity contribution in [1.29, 1.82) is 0 Å². The first-order valence-corrected chi connectivity index (χ1v) is 16.8. The molecule has 0 radical (unpaired) electrons. The highest BCUT2D eigenvalue weighted by molar-refractivity contribution is 7.48. The lowest BCUT2D eigenvalue weighted by atomic mass is 10.3. The van der Waals surface area contributed by atoms with Gasteiger partial charge in [-0.3, -0.25) is 0 Å². The van der Waals surface area contributed by atoms with E-state index in [0.29, 0.717) is 0 Å². The largest absolute Gasteiger partial charge is 0.557 e.